The van der Waals surface area contributed by atoms with Gasteiger partial charge in [-0.2, -0.15) is 0 Å². The van der Waals surface area contributed by atoms with Crippen LogP contribution in [0.25, 0.3) is 22.9 Å². The van der Waals surface area contributed by atoms with E-state index in [2.05, 4.69) is 31.4 Å². The maximum atomic E-state index is 6.04. The van der Waals surface area contributed by atoms with Crippen LogP contribution in [0.3, 0.4) is 0 Å². The lowest BCUT2D eigenvalue weighted by atomic mass is 9.95. The van der Waals surface area contributed by atoms with Crippen molar-refractivity contribution < 1.29 is 0 Å². The lowest BCUT2D eigenvalue weighted by Crippen LogP contribution is -1.91. The Bertz CT molecular complexity index is 553. The molecule has 0 nitrogen and oxygen atoms in total. The molecule has 0 radical (unpaired) electrons. The van der Waals surface area contributed by atoms with Crippen LogP contribution in [0.1, 0.15) is 16.7 Å². The van der Waals surface area contributed by atoms with E-state index in [0.29, 0.717) is 5.88 Å². The van der Waals surface area contributed by atoms with Crippen LogP contribution >= 0.6 is 11.6 Å². The van der Waals surface area contributed by atoms with Gasteiger partial charge in [0.2, 0.25) is 0 Å². The first-order valence-corrected chi connectivity index (χ1v) is 5.70. The maximum absolute atomic E-state index is 6.04. The van der Waals surface area contributed by atoms with Crippen LogP contribution in [0.5, 0.6) is 0 Å². The van der Waals surface area contributed by atoms with Crippen molar-refractivity contribution in [3.63, 3.8) is 0 Å². The van der Waals surface area contributed by atoms with Gasteiger partial charge in [-0.15, -0.1) is 11.6 Å². The van der Waals surface area contributed by atoms with E-state index in [-0.39, 0.29) is 0 Å². The third-order valence-electron chi connectivity index (χ3n) is 2.79. The summed E-state index contributed by atoms with van der Waals surface area (Å²) in [5.74, 6) is 0.490. The van der Waals surface area contributed by atoms with E-state index in [9.17, 15) is 0 Å². The summed E-state index contributed by atoms with van der Waals surface area (Å²) in [4.78, 5) is 0. The second-order valence-corrected chi connectivity index (χ2v) is 3.89. The number of halogens is 1. The Hall–Kier alpha value is -1.53. The third kappa shape index (κ3) is 1.66. The van der Waals surface area contributed by atoms with Crippen LogP contribution in [0.4, 0.5) is 0 Å². The lowest BCUT2D eigenvalue weighted by Gasteiger charge is -2.11. The van der Waals surface area contributed by atoms with Gasteiger partial charge in [0.15, 0.2) is 0 Å². The highest BCUT2D eigenvalue weighted by molar-refractivity contribution is 6.18. The van der Waals surface area contributed by atoms with Gasteiger partial charge in [0.1, 0.15) is 0 Å². The molecule has 0 spiro atoms. The van der Waals surface area contributed by atoms with Gasteiger partial charge in [0.05, 0.1) is 0 Å². The number of benzene rings is 2. The molecule has 0 amide bonds. The Morgan fingerprint density at radius 1 is 1.12 bits per heavy atom. The summed E-state index contributed by atoms with van der Waals surface area (Å²) in [7, 11) is 0. The Morgan fingerprint density at radius 3 is 2.50 bits per heavy atom. The number of hydrogen-bond donors (Lipinski definition) is 0. The minimum Gasteiger partial charge on any atom is -0.122 e. The van der Waals surface area contributed by atoms with Crippen LogP contribution in [-0.2, 0) is 5.88 Å². The van der Waals surface area contributed by atoms with E-state index in [1.165, 1.54) is 10.8 Å². The van der Waals surface area contributed by atoms with E-state index < -0.39 is 0 Å². The van der Waals surface area contributed by atoms with E-state index in [1.54, 1.807) is 0 Å². The monoisotopic (exact) mass is 228 g/mol. The SMILES string of the molecule is C=Cc1cc2ccccc2c(CCl)c1C=C. The quantitative estimate of drug-likeness (QED) is 0.658. The fourth-order valence-electron chi connectivity index (χ4n) is 2.02. The molecule has 0 heterocycles. The van der Waals surface area contributed by atoms with Gasteiger partial charge in [-0.25, -0.2) is 0 Å². The Balaban J connectivity index is 2.93. The molecule has 0 aromatic heterocycles. The zero-order chi connectivity index (χ0) is 11.5. The molecule has 80 valence electrons. The molecular weight excluding hydrogens is 216 g/mol. The fraction of sp³-hybridized carbons (Fsp3) is 0.0667. The Kier molecular flexibility index (Phi) is 3.12. The van der Waals surface area contributed by atoms with Crippen molar-refractivity contribution >= 4 is 34.5 Å². The average molecular weight is 229 g/mol. The molecule has 0 unspecified atom stereocenters. The van der Waals surface area contributed by atoms with Gasteiger partial charge in [0, 0.05) is 5.88 Å². The van der Waals surface area contributed by atoms with Gasteiger partial charge < -0.3 is 0 Å². The summed E-state index contributed by atoms with van der Waals surface area (Å²) in [5.41, 5.74) is 3.30. The molecular formula is C15H13Cl. The molecule has 0 saturated carbocycles. The largest absolute Gasteiger partial charge is 0.122 e. The number of alkyl halides is 1. The van der Waals surface area contributed by atoms with Crippen molar-refractivity contribution in [1.82, 2.24) is 0 Å². The highest BCUT2D eigenvalue weighted by Crippen LogP contribution is 2.28. The molecule has 0 fully saturated rings. The summed E-state index contributed by atoms with van der Waals surface area (Å²) >= 11 is 6.04. The highest BCUT2D eigenvalue weighted by atomic mass is 35.5. The van der Waals surface area contributed by atoms with E-state index in [0.717, 1.165) is 16.7 Å². The molecule has 0 saturated heterocycles. The Morgan fingerprint density at radius 2 is 1.88 bits per heavy atom. The zero-order valence-corrected chi connectivity index (χ0v) is 9.80. The highest BCUT2D eigenvalue weighted by Gasteiger charge is 2.08. The van der Waals surface area contributed by atoms with Crippen molar-refractivity contribution in [1.29, 1.82) is 0 Å². The molecule has 0 aliphatic heterocycles. The summed E-state index contributed by atoms with van der Waals surface area (Å²) in [6, 6.07) is 10.4. The summed E-state index contributed by atoms with van der Waals surface area (Å²) < 4.78 is 0. The topological polar surface area (TPSA) is 0 Å². The van der Waals surface area contributed by atoms with Gasteiger partial charge in [-0.3, -0.25) is 0 Å². The van der Waals surface area contributed by atoms with Gasteiger partial charge in [-0.05, 0) is 33.5 Å². The second-order valence-electron chi connectivity index (χ2n) is 3.62. The van der Waals surface area contributed by atoms with Crippen molar-refractivity contribution in [3.8, 4) is 0 Å². The standard InChI is InChI=1S/C15H13Cl/c1-3-11-9-12-7-5-6-8-14(12)15(10-16)13(11)4-2/h3-9H,1-2,10H2. The van der Waals surface area contributed by atoms with Crippen LogP contribution in [-0.4, -0.2) is 0 Å². The van der Waals surface area contributed by atoms with Crippen LogP contribution in [0.2, 0.25) is 0 Å². The van der Waals surface area contributed by atoms with Crippen LogP contribution in [0, 0.1) is 0 Å². The molecule has 0 aliphatic carbocycles. The molecule has 0 atom stereocenters. The summed E-state index contributed by atoms with van der Waals surface area (Å²) in [6.07, 6.45) is 3.70. The van der Waals surface area contributed by atoms with E-state index in [1.807, 2.05) is 24.3 Å². The third-order valence-corrected chi connectivity index (χ3v) is 3.06. The number of fused-ring (bicyclic) bond motifs is 1. The normalized spacial score (nSPS) is 10.3. The molecule has 16 heavy (non-hydrogen) atoms. The Labute approximate surface area is 101 Å². The minimum atomic E-state index is 0.490. The zero-order valence-electron chi connectivity index (χ0n) is 9.04. The lowest BCUT2D eigenvalue weighted by molar-refractivity contribution is 1.42. The smallest absolute Gasteiger partial charge is 0.0486 e. The molecule has 2 aromatic carbocycles. The number of hydrogen-bond acceptors (Lipinski definition) is 0. The molecule has 2 rings (SSSR count). The minimum absolute atomic E-state index is 0.490. The number of rotatable bonds is 3. The molecule has 0 aliphatic rings. The van der Waals surface area contributed by atoms with Crippen LogP contribution < -0.4 is 0 Å². The van der Waals surface area contributed by atoms with Crippen LogP contribution in [0.15, 0.2) is 43.5 Å². The molecule has 1 heteroatoms. The summed E-state index contributed by atoms with van der Waals surface area (Å²) in [6.45, 7) is 7.68. The molecule has 2 aromatic rings. The van der Waals surface area contributed by atoms with Gasteiger partial charge >= 0.3 is 0 Å². The first-order valence-electron chi connectivity index (χ1n) is 5.17. The maximum Gasteiger partial charge on any atom is 0.0486 e. The second kappa shape index (κ2) is 4.54. The molecule has 0 N–H and O–H groups in total. The fourth-order valence-corrected chi connectivity index (χ4v) is 2.30. The van der Waals surface area contributed by atoms with Crippen molar-refractivity contribution in [2.24, 2.45) is 0 Å². The first-order chi connectivity index (χ1) is 7.81. The average Bonchev–Trinajstić information content (AvgIpc) is 2.36. The van der Waals surface area contributed by atoms with Crippen molar-refractivity contribution in [2.75, 3.05) is 0 Å². The van der Waals surface area contributed by atoms with Gasteiger partial charge in [-0.1, -0.05) is 49.6 Å². The first kappa shape index (κ1) is 11.0. The predicted octanol–water partition coefficient (Wildman–Crippen LogP) is 4.86. The van der Waals surface area contributed by atoms with Crippen molar-refractivity contribution in [3.05, 3.63) is 60.2 Å². The van der Waals surface area contributed by atoms with E-state index in [4.69, 9.17) is 11.6 Å². The van der Waals surface area contributed by atoms with Gasteiger partial charge in [0.25, 0.3) is 0 Å². The van der Waals surface area contributed by atoms with E-state index >= 15 is 0 Å². The predicted molar refractivity (Wildman–Crippen MR) is 73.7 cm³/mol. The summed E-state index contributed by atoms with van der Waals surface area (Å²) in [5, 5.41) is 2.39. The van der Waals surface area contributed by atoms with Crippen molar-refractivity contribution in [2.45, 2.75) is 5.88 Å². The molecule has 0 bridgehead atoms.